The van der Waals surface area contributed by atoms with Crippen LogP contribution < -0.4 is 24.4 Å². The highest BCUT2D eigenvalue weighted by atomic mass is 79.9. The molecule has 0 unspecified atom stereocenters. The molecule has 0 aromatic heterocycles. The van der Waals surface area contributed by atoms with Crippen molar-refractivity contribution in [3.8, 4) is 29.1 Å². The number of carbonyl (C=O) groups excluding carboxylic acids is 1. The summed E-state index contributed by atoms with van der Waals surface area (Å²) < 4.78 is 22.8. The van der Waals surface area contributed by atoms with Crippen LogP contribution in [0.25, 0.3) is 0 Å². The highest BCUT2D eigenvalue weighted by Crippen LogP contribution is 2.37. The van der Waals surface area contributed by atoms with Crippen molar-refractivity contribution in [1.29, 1.82) is 5.26 Å². The minimum Gasteiger partial charge on any atom is -0.497 e. The number of nitrogens with one attached hydrogen (secondary N) is 1. The van der Waals surface area contributed by atoms with Crippen LogP contribution in [-0.2, 0) is 6.61 Å². The molecule has 35 heavy (non-hydrogen) atoms. The van der Waals surface area contributed by atoms with Crippen molar-refractivity contribution in [3.05, 3.63) is 81.3 Å². The summed E-state index contributed by atoms with van der Waals surface area (Å²) in [7, 11) is 3.03. The van der Waals surface area contributed by atoms with Gasteiger partial charge in [0.25, 0.3) is 5.91 Å². The molecule has 0 aliphatic heterocycles. The molecule has 3 aromatic carbocycles. The van der Waals surface area contributed by atoms with Gasteiger partial charge in [0.15, 0.2) is 11.5 Å². The Labute approximate surface area is 212 Å². The number of rotatable bonds is 10. The van der Waals surface area contributed by atoms with Crippen LogP contribution in [0.15, 0.2) is 64.2 Å². The highest BCUT2D eigenvalue weighted by Gasteiger charge is 2.13. The van der Waals surface area contributed by atoms with Crippen LogP contribution in [-0.4, -0.2) is 32.9 Å². The summed E-state index contributed by atoms with van der Waals surface area (Å²) in [6, 6.07) is 17.7. The number of halogens is 1. The molecule has 8 nitrogen and oxygen atoms in total. The van der Waals surface area contributed by atoms with Gasteiger partial charge >= 0.3 is 0 Å². The number of nitrogens with zero attached hydrogens (tertiary/aromatic N) is 2. The highest BCUT2D eigenvalue weighted by molar-refractivity contribution is 9.10. The van der Waals surface area contributed by atoms with Gasteiger partial charge in [0.1, 0.15) is 18.1 Å². The SMILES string of the molecule is CCOc1cc(/C=N\NC(=O)c2cc(OC)cc(OC)c2)cc(Br)c1OCc1ccc(C#N)cc1. The number of ether oxygens (including phenoxy) is 4. The molecule has 0 fully saturated rings. The monoisotopic (exact) mass is 537 g/mol. The molecule has 0 aliphatic rings. The van der Waals surface area contributed by atoms with E-state index in [1.54, 1.807) is 42.5 Å². The van der Waals surface area contributed by atoms with E-state index in [4.69, 9.17) is 24.2 Å². The first-order valence-electron chi connectivity index (χ1n) is 10.6. The lowest BCUT2D eigenvalue weighted by Crippen LogP contribution is -2.17. The number of hydrogen-bond acceptors (Lipinski definition) is 7. The maximum Gasteiger partial charge on any atom is 0.271 e. The number of nitriles is 1. The van der Waals surface area contributed by atoms with Gasteiger partial charge < -0.3 is 18.9 Å². The summed E-state index contributed by atoms with van der Waals surface area (Å²) in [5, 5.41) is 13.0. The molecule has 3 aromatic rings. The lowest BCUT2D eigenvalue weighted by molar-refractivity contribution is 0.0954. The largest absolute Gasteiger partial charge is 0.497 e. The summed E-state index contributed by atoms with van der Waals surface area (Å²) in [4.78, 5) is 12.5. The van der Waals surface area contributed by atoms with Crippen molar-refractivity contribution < 1.29 is 23.7 Å². The van der Waals surface area contributed by atoms with Crippen LogP contribution in [0.4, 0.5) is 0 Å². The predicted molar refractivity (Wildman–Crippen MR) is 135 cm³/mol. The molecule has 0 saturated carbocycles. The van der Waals surface area contributed by atoms with Crippen molar-refractivity contribution in [2.24, 2.45) is 5.10 Å². The van der Waals surface area contributed by atoms with Gasteiger partial charge in [0.2, 0.25) is 0 Å². The van der Waals surface area contributed by atoms with E-state index < -0.39 is 5.91 Å². The number of carbonyl (C=O) groups is 1. The van der Waals surface area contributed by atoms with Crippen LogP contribution in [0.2, 0.25) is 0 Å². The molecular formula is C26H24BrN3O5. The van der Waals surface area contributed by atoms with E-state index in [1.807, 2.05) is 19.1 Å². The van der Waals surface area contributed by atoms with Gasteiger partial charge in [-0.15, -0.1) is 0 Å². The molecule has 0 radical (unpaired) electrons. The van der Waals surface area contributed by atoms with Crippen LogP contribution in [0.3, 0.4) is 0 Å². The molecule has 9 heteroatoms. The topological polar surface area (TPSA) is 102 Å². The zero-order valence-electron chi connectivity index (χ0n) is 19.5. The van der Waals surface area contributed by atoms with Gasteiger partial charge in [0.05, 0.1) is 43.1 Å². The molecule has 0 bridgehead atoms. The summed E-state index contributed by atoms with van der Waals surface area (Å²) in [6.07, 6.45) is 1.51. The molecule has 0 saturated heterocycles. The molecule has 3 rings (SSSR count). The van der Waals surface area contributed by atoms with E-state index in [0.717, 1.165) is 5.56 Å². The van der Waals surface area contributed by atoms with Gasteiger partial charge in [-0.2, -0.15) is 10.4 Å². The van der Waals surface area contributed by atoms with Crippen molar-refractivity contribution in [2.75, 3.05) is 20.8 Å². The van der Waals surface area contributed by atoms with Gasteiger partial charge in [-0.3, -0.25) is 4.79 Å². The minimum absolute atomic E-state index is 0.303. The fraction of sp³-hybridized carbons (Fsp3) is 0.192. The molecule has 0 aliphatic carbocycles. The standard InChI is InChI=1S/C26H24BrN3O5/c1-4-34-24-10-19(9-23(27)25(24)35-16-18-7-5-17(14-28)6-8-18)15-29-30-26(31)20-11-21(32-2)13-22(12-20)33-3/h5-13,15H,4,16H2,1-3H3,(H,30,31)/b29-15-. The first-order valence-corrected chi connectivity index (χ1v) is 11.4. The van der Waals surface area contributed by atoms with Crippen molar-refractivity contribution in [3.63, 3.8) is 0 Å². The molecule has 1 amide bonds. The third-order valence-corrected chi connectivity index (χ3v) is 5.38. The number of hydrogen-bond donors (Lipinski definition) is 1. The first kappa shape index (κ1) is 25.6. The Hall–Kier alpha value is -4.03. The van der Waals surface area contributed by atoms with E-state index in [-0.39, 0.29) is 0 Å². The van der Waals surface area contributed by atoms with E-state index in [9.17, 15) is 4.79 Å². The lowest BCUT2D eigenvalue weighted by atomic mass is 10.1. The number of methoxy groups -OCH3 is 2. The smallest absolute Gasteiger partial charge is 0.271 e. The minimum atomic E-state index is -0.412. The maximum atomic E-state index is 12.5. The Balaban J connectivity index is 1.72. The van der Waals surface area contributed by atoms with Crippen LogP contribution in [0, 0.1) is 11.3 Å². The fourth-order valence-electron chi connectivity index (χ4n) is 3.07. The van der Waals surface area contributed by atoms with Crippen LogP contribution in [0.1, 0.15) is 34.0 Å². The van der Waals surface area contributed by atoms with Crippen LogP contribution >= 0.6 is 15.9 Å². The normalized spacial score (nSPS) is 10.5. The van der Waals surface area contributed by atoms with Crippen LogP contribution in [0.5, 0.6) is 23.0 Å². The Kier molecular flexibility index (Phi) is 9.09. The maximum absolute atomic E-state index is 12.5. The zero-order chi connectivity index (χ0) is 25.2. The predicted octanol–water partition coefficient (Wildman–Crippen LogP) is 5.08. The van der Waals surface area contributed by atoms with Crippen molar-refractivity contribution >= 4 is 28.1 Å². The molecule has 1 N–H and O–H groups in total. The second kappa shape index (κ2) is 12.4. The van der Waals surface area contributed by atoms with E-state index in [2.05, 4.69) is 32.5 Å². The number of amides is 1. The molecule has 0 heterocycles. The fourth-order valence-corrected chi connectivity index (χ4v) is 3.64. The molecule has 0 spiro atoms. The third kappa shape index (κ3) is 6.98. The molecular weight excluding hydrogens is 514 g/mol. The van der Waals surface area contributed by atoms with E-state index >= 15 is 0 Å². The lowest BCUT2D eigenvalue weighted by Gasteiger charge is -2.14. The average molecular weight is 538 g/mol. The Morgan fingerprint density at radius 3 is 2.34 bits per heavy atom. The number of hydrazone groups is 1. The molecule has 180 valence electrons. The Morgan fingerprint density at radius 2 is 1.74 bits per heavy atom. The summed E-state index contributed by atoms with van der Waals surface area (Å²) in [5.74, 6) is 1.66. The second-order valence-electron chi connectivity index (χ2n) is 7.16. The van der Waals surface area contributed by atoms with Crippen molar-refractivity contribution in [2.45, 2.75) is 13.5 Å². The Bertz CT molecular complexity index is 1230. The van der Waals surface area contributed by atoms with Gasteiger partial charge in [-0.1, -0.05) is 12.1 Å². The zero-order valence-corrected chi connectivity index (χ0v) is 21.1. The number of benzene rings is 3. The van der Waals surface area contributed by atoms with E-state index in [0.29, 0.717) is 57.4 Å². The summed E-state index contributed by atoms with van der Waals surface area (Å²) in [6.45, 7) is 2.62. The second-order valence-corrected chi connectivity index (χ2v) is 8.02. The van der Waals surface area contributed by atoms with E-state index in [1.165, 1.54) is 20.4 Å². The first-order chi connectivity index (χ1) is 17.0. The van der Waals surface area contributed by atoms with Gasteiger partial charge in [-0.05, 0) is 70.4 Å². The molecule has 0 atom stereocenters. The summed E-state index contributed by atoms with van der Waals surface area (Å²) in [5.41, 5.74) is 5.04. The Morgan fingerprint density at radius 1 is 1.06 bits per heavy atom. The van der Waals surface area contributed by atoms with Crippen molar-refractivity contribution in [1.82, 2.24) is 5.43 Å². The summed E-state index contributed by atoms with van der Waals surface area (Å²) >= 11 is 3.53. The van der Waals surface area contributed by atoms with Gasteiger partial charge in [0, 0.05) is 11.6 Å². The quantitative estimate of drug-likeness (QED) is 0.285. The third-order valence-electron chi connectivity index (χ3n) is 4.79. The van der Waals surface area contributed by atoms with Gasteiger partial charge in [-0.25, -0.2) is 5.43 Å². The average Bonchev–Trinajstić information content (AvgIpc) is 2.88.